The molecule has 1 fully saturated rings. The SMILES string of the molecule is CC(C)(C)OC=O.Cc1cc(N)cnc1N1CCNCC1=O. The van der Waals surface area contributed by atoms with Gasteiger partial charge in [0.2, 0.25) is 5.91 Å². The normalized spacial score (nSPS) is 14.9. The number of nitrogen functional groups attached to an aromatic ring is 1. The minimum Gasteiger partial charge on any atom is -0.462 e. The minimum absolute atomic E-state index is 0.0571. The van der Waals surface area contributed by atoms with Crippen molar-refractivity contribution in [2.45, 2.75) is 33.3 Å². The Labute approximate surface area is 130 Å². The van der Waals surface area contributed by atoms with E-state index in [4.69, 9.17) is 5.73 Å². The van der Waals surface area contributed by atoms with Gasteiger partial charge in [-0.25, -0.2) is 4.98 Å². The van der Waals surface area contributed by atoms with Crippen LogP contribution in [-0.2, 0) is 14.3 Å². The molecule has 2 heterocycles. The van der Waals surface area contributed by atoms with E-state index in [1.807, 2.05) is 33.8 Å². The molecule has 22 heavy (non-hydrogen) atoms. The highest BCUT2D eigenvalue weighted by atomic mass is 16.5. The van der Waals surface area contributed by atoms with Crippen LogP contribution in [0.2, 0.25) is 0 Å². The lowest BCUT2D eigenvalue weighted by Crippen LogP contribution is -2.48. The maximum Gasteiger partial charge on any atom is 0.293 e. The summed E-state index contributed by atoms with van der Waals surface area (Å²) in [6.45, 7) is 9.68. The number of amides is 1. The Morgan fingerprint density at radius 3 is 2.59 bits per heavy atom. The number of nitrogens with two attached hydrogens (primary N) is 1. The molecule has 1 aliphatic rings. The van der Waals surface area contributed by atoms with Crippen molar-refractivity contribution >= 4 is 23.9 Å². The number of piperazine rings is 1. The van der Waals surface area contributed by atoms with Crippen molar-refractivity contribution in [2.24, 2.45) is 0 Å². The van der Waals surface area contributed by atoms with Gasteiger partial charge >= 0.3 is 0 Å². The van der Waals surface area contributed by atoms with E-state index >= 15 is 0 Å². The summed E-state index contributed by atoms with van der Waals surface area (Å²) < 4.78 is 4.55. The molecule has 0 atom stereocenters. The summed E-state index contributed by atoms with van der Waals surface area (Å²) in [6.07, 6.45) is 1.58. The largest absolute Gasteiger partial charge is 0.462 e. The standard InChI is InChI=1S/C10H14N4O.C5H10O2/c1-7-4-8(11)5-13-10(7)14-3-2-12-6-9(14)15;1-5(2,3)7-4-6/h4-5,12H,2-3,6,11H2,1H3;4H,1-3H3. The molecular weight excluding hydrogens is 284 g/mol. The molecule has 122 valence electrons. The topological polar surface area (TPSA) is 97.6 Å². The van der Waals surface area contributed by atoms with Gasteiger partial charge in [0, 0.05) is 13.1 Å². The zero-order valence-corrected chi connectivity index (χ0v) is 13.5. The van der Waals surface area contributed by atoms with Crippen LogP contribution >= 0.6 is 0 Å². The Hall–Kier alpha value is -2.15. The maximum absolute atomic E-state index is 11.6. The molecule has 1 amide bonds. The smallest absolute Gasteiger partial charge is 0.293 e. The highest BCUT2D eigenvalue weighted by Gasteiger charge is 2.21. The van der Waals surface area contributed by atoms with Crippen molar-refractivity contribution in [1.29, 1.82) is 0 Å². The Kier molecular flexibility index (Phi) is 6.30. The monoisotopic (exact) mass is 308 g/mol. The van der Waals surface area contributed by atoms with Crippen molar-refractivity contribution in [1.82, 2.24) is 10.3 Å². The lowest BCUT2D eigenvalue weighted by molar-refractivity contribution is -0.138. The highest BCUT2D eigenvalue weighted by Crippen LogP contribution is 2.19. The van der Waals surface area contributed by atoms with Crippen LogP contribution < -0.4 is 16.0 Å². The fourth-order valence-corrected chi connectivity index (χ4v) is 1.85. The third-order valence-corrected chi connectivity index (χ3v) is 2.82. The van der Waals surface area contributed by atoms with Crippen LogP contribution in [0.3, 0.4) is 0 Å². The number of aromatic nitrogens is 1. The predicted octanol–water partition coefficient (Wildman–Crippen LogP) is 0.866. The second kappa shape index (κ2) is 7.74. The molecule has 7 heteroatoms. The molecule has 1 aromatic rings. The second-order valence-electron chi connectivity index (χ2n) is 5.96. The average Bonchev–Trinajstić information content (AvgIpc) is 2.39. The van der Waals surface area contributed by atoms with Gasteiger partial charge in [0.25, 0.3) is 6.47 Å². The lowest BCUT2D eigenvalue weighted by atomic mass is 10.2. The number of carbonyl (C=O) groups is 2. The van der Waals surface area contributed by atoms with Crippen molar-refractivity contribution in [2.75, 3.05) is 30.3 Å². The van der Waals surface area contributed by atoms with E-state index in [0.29, 0.717) is 25.2 Å². The Bertz CT molecular complexity index is 526. The molecule has 0 aliphatic carbocycles. The molecule has 0 aromatic carbocycles. The van der Waals surface area contributed by atoms with E-state index < -0.39 is 0 Å². The zero-order valence-electron chi connectivity index (χ0n) is 13.5. The van der Waals surface area contributed by atoms with Crippen molar-refractivity contribution in [3.8, 4) is 0 Å². The highest BCUT2D eigenvalue weighted by molar-refractivity contribution is 5.95. The molecule has 7 nitrogen and oxygen atoms in total. The van der Waals surface area contributed by atoms with Gasteiger partial charge in [-0.05, 0) is 39.3 Å². The van der Waals surface area contributed by atoms with Crippen LogP contribution in [0.25, 0.3) is 0 Å². The number of anilines is 2. The number of ether oxygens (including phenoxy) is 1. The van der Waals surface area contributed by atoms with Crippen LogP contribution in [0.4, 0.5) is 11.5 Å². The van der Waals surface area contributed by atoms with Gasteiger partial charge in [0.15, 0.2) is 0 Å². The molecule has 2 rings (SSSR count). The first kappa shape index (κ1) is 17.9. The van der Waals surface area contributed by atoms with E-state index in [1.54, 1.807) is 11.1 Å². The summed E-state index contributed by atoms with van der Waals surface area (Å²) in [5, 5.41) is 3.02. The molecule has 1 saturated heterocycles. The first-order valence-corrected chi connectivity index (χ1v) is 7.09. The molecule has 0 unspecified atom stereocenters. The van der Waals surface area contributed by atoms with E-state index in [-0.39, 0.29) is 11.5 Å². The third-order valence-electron chi connectivity index (χ3n) is 2.82. The number of nitrogens with zero attached hydrogens (tertiary/aromatic N) is 2. The summed E-state index contributed by atoms with van der Waals surface area (Å²) >= 11 is 0. The number of hydrogen-bond acceptors (Lipinski definition) is 6. The summed E-state index contributed by atoms with van der Waals surface area (Å²) in [6, 6.07) is 1.83. The van der Waals surface area contributed by atoms with Crippen LogP contribution in [0, 0.1) is 6.92 Å². The van der Waals surface area contributed by atoms with E-state index in [2.05, 4.69) is 15.0 Å². The van der Waals surface area contributed by atoms with Gasteiger partial charge in [-0.3, -0.25) is 14.5 Å². The number of pyridine rings is 1. The summed E-state index contributed by atoms with van der Waals surface area (Å²) in [7, 11) is 0. The summed E-state index contributed by atoms with van der Waals surface area (Å²) in [5.41, 5.74) is 6.86. The second-order valence-corrected chi connectivity index (χ2v) is 5.96. The van der Waals surface area contributed by atoms with E-state index in [0.717, 1.165) is 17.9 Å². The molecule has 0 radical (unpaired) electrons. The fraction of sp³-hybridized carbons (Fsp3) is 0.533. The molecule has 1 aromatic heterocycles. The number of rotatable bonds is 2. The van der Waals surface area contributed by atoms with Gasteiger partial charge in [-0.2, -0.15) is 0 Å². The maximum atomic E-state index is 11.6. The number of aryl methyl sites for hydroxylation is 1. The lowest BCUT2D eigenvalue weighted by Gasteiger charge is -2.27. The van der Waals surface area contributed by atoms with Crippen molar-refractivity contribution < 1.29 is 14.3 Å². The minimum atomic E-state index is -0.318. The quantitative estimate of drug-likeness (QED) is 0.787. The molecular formula is C15H24N4O3. The Morgan fingerprint density at radius 1 is 1.45 bits per heavy atom. The summed E-state index contributed by atoms with van der Waals surface area (Å²) in [4.78, 5) is 27.1. The Balaban J connectivity index is 0.000000295. The molecule has 0 spiro atoms. The first-order valence-electron chi connectivity index (χ1n) is 7.09. The van der Waals surface area contributed by atoms with Gasteiger partial charge in [-0.15, -0.1) is 0 Å². The van der Waals surface area contributed by atoms with Crippen LogP contribution in [0.5, 0.6) is 0 Å². The van der Waals surface area contributed by atoms with Crippen LogP contribution in [0.15, 0.2) is 12.3 Å². The number of carbonyl (C=O) groups excluding carboxylic acids is 2. The first-order chi connectivity index (χ1) is 10.2. The van der Waals surface area contributed by atoms with Gasteiger partial charge in [0.05, 0.1) is 18.4 Å². The number of nitrogens with one attached hydrogen (secondary N) is 1. The Morgan fingerprint density at radius 2 is 2.14 bits per heavy atom. The van der Waals surface area contributed by atoms with Crippen molar-refractivity contribution in [3.63, 3.8) is 0 Å². The van der Waals surface area contributed by atoms with Crippen LogP contribution in [0.1, 0.15) is 26.3 Å². The van der Waals surface area contributed by atoms with Gasteiger partial charge < -0.3 is 15.8 Å². The van der Waals surface area contributed by atoms with Crippen molar-refractivity contribution in [3.05, 3.63) is 17.8 Å². The third kappa shape index (κ3) is 5.69. The molecule has 0 bridgehead atoms. The van der Waals surface area contributed by atoms with E-state index in [1.165, 1.54) is 0 Å². The molecule has 0 saturated carbocycles. The predicted molar refractivity (Wildman–Crippen MR) is 85.5 cm³/mol. The number of hydrogen-bond donors (Lipinski definition) is 2. The molecule has 3 N–H and O–H groups in total. The van der Waals surface area contributed by atoms with E-state index in [9.17, 15) is 9.59 Å². The van der Waals surface area contributed by atoms with Crippen LogP contribution in [-0.4, -0.2) is 42.6 Å². The summed E-state index contributed by atoms with van der Waals surface area (Å²) in [5.74, 6) is 0.775. The molecule has 1 aliphatic heterocycles. The average molecular weight is 308 g/mol. The zero-order chi connectivity index (χ0) is 16.8. The van der Waals surface area contributed by atoms with Gasteiger partial charge in [-0.1, -0.05) is 0 Å². The van der Waals surface area contributed by atoms with Gasteiger partial charge in [0.1, 0.15) is 11.4 Å². The fourth-order valence-electron chi connectivity index (χ4n) is 1.85.